The van der Waals surface area contributed by atoms with Crippen LogP contribution in [0.4, 0.5) is 0 Å². The maximum absolute atomic E-state index is 14.2. The van der Waals surface area contributed by atoms with Crippen LogP contribution in [-0.2, 0) is 22.6 Å². The lowest BCUT2D eigenvalue weighted by molar-refractivity contribution is -0.136. The van der Waals surface area contributed by atoms with Crippen molar-refractivity contribution in [1.29, 1.82) is 0 Å². The average molecular weight is 689 g/mol. The van der Waals surface area contributed by atoms with Crippen LogP contribution in [0.15, 0.2) is 88.8 Å². The second-order valence-corrected chi connectivity index (χ2v) is 12.0. The molecule has 0 amide bonds. The molecule has 250 valence electrons. The standard InChI is InChI=1S/C37H37ClN2O7S/c1-6-10-26-17-24(18-31(46-9-4)34(26)47-22-23-11-14-27(38)15-12-23)19-32-35(41)40-33(28(36(42)43-5)21-39-37(40)48-32)25-13-16-29(44-7-2)30(20-25)45-8-3/h6,11-21,33H,1,7-10,22H2,2-5H3/b32-19-/t33-/m0/s1. The Balaban J connectivity index is 1.61. The van der Waals surface area contributed by atoms with Crippen LogP contribution in [0.2, 0.25) is 5.02 Å². The van der Waals surface area contributed by atoms with Crippen molar-refractivity contribution < 1.29 is 28.5 Å². The fraction of sp³-hybridized carbons (Fsp3) is 0.270. The highest BCUT2D eigenvalue weighted by atomic mass is 35.5. The minimum Gasteiger partial charge on any atom is -0.490 e. The summed E-state index contributed by atoms with van der Waals surface area (Å²) in [7, 11) is 1.30. The Morgan fingerprint density at radius 1 is 0.958 bits per heavy atom. The van der Waals surface area contributed by atoms with Crippen LogP contribution in [0.5, 0.6) is 23.0 Å². The number of benzene rings is 3. The predicted octanol–water partition coefficient (Wildman–Crippen LogP) is 6.18. The van der Waals surface area contributed by atoms with Crippen LogP contribution in [0.1, 0.15) is 49.1 Å². The number of esters is 1. The first kappa shape index (κ1) is 34.5. The predicted molar refractivity (Wildman–Crippen MR) is 187 cm³/mol. The van der Waals surface area contributed by atoms with Gasteiger partial charge in [0, 0.05) is 16.8 Å². The molecule has 3 aromatic carbocycles. The van der Waals surface area contributed by atoms with Crippen molar-refractivity contribution in [2.24, 2.45) is 4.99 Å². The largest absolute Gasteiger partial charge is 0.490 e. The summed E-state index contributed by atoms with van der Waals surface area (Å²) in [6.45, 7) is 11.2. The Bertz CT molecular complexity index is 2010. The third-order valence-electron chi connectivity index (χ3n) is 7.42. The van der Waals surface area contributed by atoms with Crippen molar-refractivity contribution in [3.63, 3.8) is 0 Å². The highest BCUT2D eigenvalue weighted by molar-refractivity contribution is 7.07. The maximum atomic E-state index is 14.2. The summed E-state index contributed by atoms with van der Waals surface area (Å²) in [6.07, 6.45) is 5.57. The molecule has 9 nitrogen and oxygen atoms in total. The number of thiazole rings is 1. The van der Waals surface area contributed by atoms with E-state index in [2.05, 4.69) is 11.6 Å². The number of hydrogen-bond donors (Lipinski definition) is 0. The van der Waals surface area contributed by atoms with Gasteiger partial charge in [-0.05, 0) is 86.4 Å². The van der Waals surface area contributed by atoms with Gasteiger partial charge < -0.3 is 23.7 Å². The van der Waals surface area contributed by atoms with Crippen molar-refractivity contribution >= 4 is 35.0 Å². The van der Waals surface area contributed by atoms with Gasteiger partial charge in [0.25, 0.3) is 5.56 Å². The molecule has 1 atom stereocenters. The van der Waals surface area contributed by atoms with Gasteiger partial charge in [0.2, 0.25) is 0 Å². The minimum absolute atomic E-state index is 0.220. The van der Waals surface area contributed by atoms with Crippen molar-refractivity contribution in [1.82, 2.24) is 4.57 Å². The fourth-order valence-electron chi connectivity index (χ4n) is 5.38. The Kier molecular flexibility index (Phi) is 11.4. The van der Waals surface area contributed by atoms with E-state index in [9.17, 15) is 9.59 Å². The molecule has 0 radical (unpaired) electrons. The SMILES string of the molecule is C=CCc1cc(/C=c2\sc3n(c2=O)[C@@H](c2ccc(OCC)c(OCC)c2)C(C(=O)OC)=CN=3)cc(OCC)c1OCc1ccc(Cl)cc1. The van der Waals surface area contributed by atoms with Gasteiger partial charge in [-0.3, -0.25) is 9.36 Å². The molecule has 4 aromatic rings. The van der Waals surface area contributed by atoms with Crippen molar-refractivity contribution in [3.8, 4) is 23.0 Å². The number of rotatable bonds is 14. The molecule has 0 aliphatic carbocycles. The number of carbonyl (C=O) groups is 1. The normalized spacial score (nSPS) is 14.0. The fourth-order valence-corrected chi connectivity index (χ4v) is 6.47. The molecule has 0 saturated heterocycles. The molecule has 0 spiro atoms. The van der Waals surface area contributed by atoms with Gasteiger partial charge in [-0.2, -0.15) is 0 Å². The van der Waals surface area contributed by atoms with Crippen LogP contribution in [-0.4, -0.2) is 37.5 Å². The van der Waals surface area contributed by atoms with Gasteiger partial charge in [-0.1, -0.05) is 47.2 Å². The summed E-state index contributed by atoms with van der Waals surface area (Å²) >= 11 is 7.28. The summed E-state index contributed by atoms with van der Waals surface area (Å²) in [5.74, 6) is 1.65. The molecule has 0 N–H and O–H groups in total. The number of aromatic nitrogens is 1. The highest BCUT2D eigenvalue weighted by Gasteiger charge is 2.31. The Labute approximate surface area is 288 Å². The van der Waals surface area contributed by atoms with Gasteiger partial charge in [0.15, 0.2) is 27.8 Å². The number of methoxy groups -OCH3 is 1. The van der Waals surface area contributed by atoms with Crippen molar-refractivity contribution in [2.45, 2.75) is 39.8 Å². The van der Waals surface area contributed by atoms with E-state index in [4.69, 9.17) is 35.3 Å². The van der Waals surface area contributed by atoms with Crippen LogP contribution in [0.3, 0.4) is 0 Å². The Hall–Kier alpha value is -4.80. The summed E-state index contributed by atoms with van der Waals surface area (Å²) in [6, 6.07) is 15.8. The quantitative estimate of drug-likeness (QED) is 0.115. The molecule has 1 aliphatic rings. The number of carbonyl (C=O) groups excluding carboxylic acids is 1. The van der Waals surface area contributed by atoms with E-state index in [-0.39, 0.29) is 11.1 Å². The molecule has 0 saturated carbocycles. The molecule has 5 rings (SSSR count). The Morgan fingerprint density at radius 3 is 2.35 bits per heavy atom. The van der Waals surface area contributed by atoms with Gasteiger partial charge >= 0.3 is 5.97 Å². The third kappa shape index (κ3) is 7.50. The van der Waals surface area contributed by atoms with E-state index in [0.29, 0.717) is 75.8 Å². The van der Waals surface area contributed by atoms with Gasteiger partial charge in [0.1, 0.15) is 6.61 Å². The first-order valence-electron chi connectivity index (χ1n) is 15.6. The molecule has 0 unspecified atom stereocenters. The highest BCUT2D eigenvalue weighted by Crippen LogP contribution is 2.36. The molecule has 2 heterocycles. The second kappa shape index (κ2) is 15.9. The van der Waals surface area contributed by atoms with Gasteiger partial charge in [-0.15, -0.1) is 6.58 Å². The zero-order valence-electron chi connectivity index (χ0n) is 27.3. The molecular formula is C37H37ClN2O7S. The minimum atomic E-state index is -0.801. The molecular weight excluding hydrogens is 652 g/mol. The smallest absolute Gasteiger partial charge is 0.337 e. The third-order valence-corrected chi connectivity index (χ3v) is 8.67. The molecule has 1 aliphatic heterocycles. The van der Waals surface area contributed by atoms with Crippen LogP contribution >= 0.6 is 22.9 Å². The monoisotopic (exact) mass is 688 g/mol. The lowest BCUT2D eigenvalue weighted by Crippen LogP contribution is -2.39. The van der Waals surface area contributed by atoms with Crippen LogP contribution in [0.25, 0.3) is 6.08 Å². The van der Waals surface area contributed by atoms with Crippen LogP contribution < -0.4 is 33.8 Å². The number of ether oxygens (including phenoxy) is 5. The van der Waals surface area contributed by atoms with Crippen molar-refractivity contribution in [3.05, 3.63) is 126 Å². The molecule has 0 bridgehead atoms. The zero-order valence-corrected chi connectivity index (χ0v) is 28.9. The number of halogens is 1. The summed E-state index contributed by atoms with van der Waals surface area (Å²) < 4.78 is 30.9. The number of allylic oxidation sites excluding steroid dienone is 1. The number of hydrogen-bond acceptors (Lipinski definition) is 9. The first-order chi connectivity index (χ1) is 23.3. The lowest BCUT2D eigenvalue weighted by atomic mass is 9.97. The number of fused-ring (bicyclic) bond motifs is 1. The zero-order chi connectivity index (χ0) is 34.2. The summed E-state index contributed by atoms with van der Waals surface area (Å²) in [5, 5.41) is 0.651. The summed E-state index contributed by atoms with van der Waals surface area (Å²) in [5.41, 5.74) is 3.11. The van der Waals surface area contributed by atoms with Gasteiger partial charge in [0.05, 0.1) is 43.1 Å². The van der Waals surface area contributed by atoms with Crippen LogP contribution in [0, 0.1) is 0 Å². The van der Waals surface area contributed by atoms with E-state index in [0.717, 1.165) is 16.7 Å². The molecule has 0 fully saturated rings. The molecule has 11 heteroatoms. The van der Waals surface area contributed by atoms with E-state index >= 15 is 0 Å². The topological polar surface area (TPSA) is 97.6 Å². The van der Waals surface area contributed by atoms with Crippen molar-refractivity contribution in [2.75, 3.05) is 26.9 Å². The second-order valence-electron chi connectivity index (χ2n) is 10.6. The number of nitrogens with zero attached hydrogens (tertiary/aromatic N) is 2. The van der Waals surface area contributed by atoms with Gasteiger partial charge in [-0.25, -0.2) is 9.79 Å². The van der Waals surface area contributed by atoms with E-state index in [1.807, 2.05) is 63.2 Å². The molecule has 1 aromatic heterocycles. The van der Waals surface area contributed by atoms with E-state index < -0.39 is 12.0 Å². The first-order valence-corrected chi connectivity index (χ1v) is 16.8. The lowest BCUT2D eigenvalue weighted by Gasteiger charge is -2.23. The van der Waals surface area contributed by atoms with E-state index in [1.54, 1.807) is 24.3 Å². The Morgan fingerprint density at radius 2 is 1.67 bits per heavy atom. The van der Waals surface area contributed by atoms with E-state index in [1.165, 1.54) is 29.2 Å². The maximum Gasteiger partial charge on any atom is 0.337 e. The average Bonchev–Trinajstić information content (AvgIpc) is 3.40. The summed E-state index contributed by atoms with van der Waals surface area (Å²) in [4.78, 5) is 32.1. The molecule has 48 heavy (non-hydrogen) atoms.